The highest BCUT2D eigenvalue weighted by Gasteiger charge is 2.31. The number of aromatic nitrogens is 2. The summed E-state index contributed by atoms with van der Waals surface area (Å²) >= 11 is 2.22. The summed E-state index contributed by atoms with van der Waals surface area (Å²) < 4.78 is 40.9. The van der Waals surface area contributed by atoms with Crippen LogP contribution in [0.3, 0.4) is 0 Å². The van der Waals surface area contributed by atoms with Crippen LogP contribution in [0.25, 0.3) is 0 Å². The molecular formula is C19H16F3N5O4S2. The van der Waals surface area contributed by atoms with Crippen molar-refractivity contribution in [3.8, 4) is 5.75 Å². The summed E-state index contributed by atoms with van der Waals surface area (Å²) in [5, 5.41) is 25.0. The van der Waals surface area contributed by atoms with Gasteiger partial charge in [-0.15, -0.1) is 23.4 Å². The van der Waals surface area contributed by atoms with Gasteiger partial charge >= 0.3 is 6.36 Å². The van der Waals surface area contributed by atoms with Gasteiger partial charge in [0.2, 0.25) is 11.0 Å². The number of carbonyl (C=O) groups excluding carboxylic acids is 1. The number of nitrogens with one attached hydrogen (secondary N) is 2. The monoisotopic (exact) mass is 499 g/mol. The van der Waals surface area contributed by atoms with Gasteiger partial charge in [-0.05, 0) is 49.2 Å². The minimum Gasteiger partial charge on any atom is -0.406 e. The van der Waals surface area contributed by atoms with E-state index in [9.17, 15) is 28.1 Å². The summed E-state index contributed by atoms with van der Waals surface area (Å²) in [4.78, 5) is 23.0. The molecule has 0 radical (unpaired) electrons. The smallest absolute Gasteiger partial charge is 0.406 e. The second-order valence-corrected chi connectivity index (χ2v) is 8.77. The number of halogens is 3. The predicted octanol–water partition coefficient (Wildman–Crippen LogP) is 5.44. The van der Waals surface area contributed by atoms with E-state index in [2.05, 4.69) is 25.6 Å². The average Bonchev–Trinajstić information content (AvgIpc) is 3.17. The highest BCUT2D eigenvalue weighted by Crippen LogP contribution is 2.32. The van der Waals surface area contributed by atoms with Crippen LogP contribution in [0, 0.1) is 24.0 Å². The molecule has 174 valence electrons. The fraction of sp³-hybridized carbons (Fsp3) is 0.211. The van der Waals surface area contributed by atoms with Crippen molar-refractivity contribution in [3.63, 3.8) is 0 Å². The van der Waals surface area contributed by atoms with Crippen molar-refractivity contribution in [1.29, 1.82) is 0 Å². The number of thioether (sulfide) groups is 1. The summed E-state index contributed by atoms with van der Waals surface area (Å²) in [5.41, 5.74) is 1.85. The normalized spacial score (nSPS) is 11.2. The van der Waals surface area contributed by atoms with Crippen LogP contribution in [-0.2, 0) is 4.79 Å². The summed E-state index contributed by atoms with van der Waals surface area (Å²) in [5.74, 6) is -0.846. The molecule has 0 aliphatic heterocycles. The lowest BCUT2D eigenvalue weighted by molar-refractivity contribution is -0.384. The van der Waals surface area contributed by atoms with Crippen LogP contribution in [0.5, 0.6) is 5.75 Å². The zero-order valence-electron chi connectivity index (χ0n) is 17.1. The van der Waals surface area contributed by atoms with Crippen molar-refractivity contribution in [2.45, 2.75) is 24.5 Å². The van der Waals surface area contributed by atoms with Crippen molar-refractivity contribution >= 4 is 51.2 Å². The van der Waals surface area contributed by atoms with Gasteiger partial charge in [0.25, 0.3) is 5.69 Å². The average molecular weight is 499 g/mol. The SMILES string of the molecule is Cc1ccc([N+](=O)[O-])c(NC(=O)CSc2nnc(Nc3ccc(OC(F)(F)F)cc3)s2)c1C. The van der Waals surface area contributed by atoms with E-state index in [0.717, 1.165) is 40.8 Å². The highest BCUT2D eigenvalue weighted by molar-refractivity contribution is 8.01. The lowest BCUT2D eigenvalue weighted by atomic mass is 10.1. The van der Waals surface area contributed by atoms with Gasteiger partial charge in [0, 0.05) is 11.8 Å². The Kier molecular flexibility index (Phi) is 7.38. The number of hydrogen-bond acceptors (Lipinski definition) is 9. The number of carbonyl (C=O) groups is 1. The molecule has 33 heavy (non-hydrogen) atoms. The number of benzene rings is 2. The van der Waals surface area contributed by atoms with Crippen LogP contribution >= 0.6 is 23.1 Å². The number of hydrogen-bond donors (Lipinski definition) is 2. The largest absolute Gasteiger partial charge is 0.573 e. The van der Waals surface area contributed by atoms with Gasteiger partial charge in [0.1, 0.15) is 11.4 Å². The van der Waals surface area contributed by atoms with Gasteiger partial charge < -0.3 is 15.4 Å². The van der Waals surface area contributed by atoms with Gasteiger partial charge in [-0.3, -0.25) is 14.9 Å². The summed E-state index contributed by atoms with van der Waals surface area (Å²) in [6.45, 7) is 3.48. The summed E-state index contributed by atoms with van der Waals surface area (Å²) in [7, 11) is 0. The Morgan fingerprint density at radius 1 is 1.18 bits per heavy atom. The van der Waals surface area contributed by atoms with Crippen molar-refractivity contribution in [1.82, 2.24) is 10.2 Å². The minimum absolute atomic E-state index is 0.0529. The van der Waals surface area contributed by atoms with Crippen LogP contribution in [-0.4, -0.2) is 33.1 Å². The Morgan fingerprint density at radius 3 is 2.52 bits per heavy atom. The van der Waals surface area contributed by atoms with Gasteiger partial charge in [0.15, 0.2) is 4.34 Å². The van der Waals surface area contributed by atoms with Crippen LogP contribution < -0.4 is 15.4 Å². The van der Waals surface area contributed by atoms with Crippen LogP contribution in [0.15, 0.2) is 40.7 Å². The Bertz CT molecular complexity index is 1170. The standard InChI is InChI=1S/C19H16F3N5O4S2/c1-10-3-8-14(27(29)30)16(11(10)2)24-15(28)9-32-18-26-25-17(33-18)23-12-4-6-13(7-5-12)31-19(20,21)22/h3-8H,9H2,1-2H3,(H,23,25)(H,24,28). The molecule has 9 nitrogen and oxygen atoms in total. The zero-order valence-corrected chi connectivity index (χ0v) is 18.7. The molecule has 0 aliphatic carbocycles. The first-order chi connectivity index (χ1) is 15.5. The summed E-state index contributed by atoms with van der Waals surface area (Å²) in [6, 6.07) is 8.05. The lowest BCUT2D eigenvalue weighted by Crippen LogP contribution is -2.16. The zero-order chi connectivity index (χ0) is 24.2. The number of amides is 1. The third-order valence-corrected chi connectivity index (χ3v) is 6.22. The predicted molar refractivity (Wildman–Crippen MR) is 118 cm³/mol. The molecule has 0 spiro atoms. The third kappa shape index (κ3) is 6.79. The maximum Gasteiger partial charge on any atom is 0.573 e. The van der Waals surface area contributed by atoms with E-state index in [1.807, 2.05) is 0 Å². The quantitative estimate of drug-likeness (QED) is 0.239. The molecule has 2 N–H and O–H groups in total. The molecule has 3 aromatic rings. The van der Waals surface area contributed by atoms with E-state index < -0.39 is 17.2 Å². The van der Waals surface area contributed by atoms with Gasteiger partial charge in [-0.1, -0.05) is 29.2 Å². The van der Waals surface area contributed by atoms with Crippen LogP contribution in [0.1, 0.15) is 11.1 Å². The molecule has 1 heterocycles. The molecule has 0 aliphatic rings. The molecule has 3 rings (SSSR count). The molecular weight excluding hydrogens is 483 g/mol. The van der Waals surface area contributed by atoms with E-state index in [0.29, 0.717) is 20.7 Å². The number of nitrogens with zero attached hydrogens (tertiary/aromatic N) is 3. The van der Waals surface area contributed by atoms with E-state index in [-0.39, 0.29) is 22.9 Å². The number of anilines is 3. The molecule has 0 saturated carbocycles. The number of nitro groups is 1. The molecule has 0 saturated heterocycles. The van der Waals surface area contributed by atoms with Gasteiger partial charge in [-0.2, -0.15) is 0 Å². The molecule has 0 atom stereocenters. The maximum absolute atomic E-state index is 12.3. The second-order valence-electron chi connectivity index (χ2n) is 6.57. The highest BCUT2D eigenvalue weighted by atomic mass is 32.2. The molecule has 0 fully saturated rings. The fourth-order valence-corrected chi connectivity index (χ4v) is 4.17. The molecule has 1 amide bonds. The van der Waals surface area contributed by atoms with Crippen molar-refractivity contribution in [2.75, 3.05) is 16.4 Å². The Balaban J connectivity index is 1.57. The van der Waals surface area contributed by atoms with E-state index in [4.69, 9.17) is 0 Å². The Hall–Kier alpha value is -3.39. The topological polar surface area (TPSA) is 119 Å². The number of ether oxygens (including phenoxy) is 1. The first kappa shape index (κ1) is 24.3. The minimum atomic E-state index is -4.77. The fourth-order valence-electron chi connectivity index (χ4n) is 2.60. The van der Waals surface area contributed by atoms with Crippen LogP contribution in [0.4, 0.5) is 35.4 Å². The van der Waals surface area contributed by atoms with Crippen molar-refractivity contribution in [2.24, 2.45) is 0 Å². The molecule has 1 aromatic heterocycles. The molecule has 0 bridgehead atoms. The lowest BCUT2D eigenvalue weighted by Gasteiger charge is -2.10. The van der Waals surface area contributed by atoms with E-state index in [1.54, 1.807) is 19.9 Å². The second kappa shape index (κ2) is 10.0. The first-order valence-corrected chi connectivity index (χ1v) is 11.0. The first-order valence-electron chi connectivity index (χ1n) is 9.15. The van der Waals surface area contributed by atoms with Crippen molar-refractivity contribution in [3.05, 3.63) is 57.6 Å². The number of aryl methyl sites for hydroxylation is 1. The van der Waals surface area contributed by atoms with Gasteiger partial charge in [-0.25, -0.2) is 0 Å². The third-order valence-electron chi connectivity index (χ3n) is 4.25. The summed E-state index contributed by atoms with van der Waals surface area (Å²) in [6.07, 6.45) is -4.77. The maximum atomic E-state index is 12.3. The number of alkyl halides is 3. The number of nitro benzene ring substituents is 1. The Morgan fingerprint density at radius 2 is 1.88 bits per heavy atom. The van der Waals surface area contributed by atoms with Crippen molar-refractivity contribution < 1.29 is 27.6 Å². The van der Waals surface area contributed by atoms with E-state index in [1.165, 1.54) is 18.2 Å². The molecule has 0 unspecified atom stereocenters. The Labute approximate surface area is 193 Å². The van der Waals surface area contributed by atoms with E-state index >= 15 is 0 Å². The number of rotatable bonds is 8. The van der Waals surface area contributed by atoms with Crippen LogP contribution in [0.2, 0.25) is 0 Å². The molecule has 14 heteroatoms. The molecule has 2 aromatic carbocycles. The van der Waals surface area contributed by atoms with Gasteiger partial charge in [0.05, 0.1) is 10.7 Å².